The summed E-state index contributed by atoms with van der Waals surface area (Å²) in [5.41, 5.74) is 2.12. The van der Waals surface area contributed by atoms with E-state index in [4.69, 9.17) is 9.47 Å². The zero-order valence-electron chi connectivity index (χ0n) is 19.3. The quantitative estimate of drug-likeness (QED) is 0.392. The van der Waals surface area contributed by atoms with Crippen LogP contribution in [0, 0.1) is 0 Å². The molecule has 0 fully saturated rings. The molecule has 0 aromatic heterocycles. The average molecular weight is 441 g/mol. The van der Waals surface area contributed by atoms with Crippen LogP contribution in [-0.4, -0.2) is 26.0 Å². The summed E-state index contributed by atoms with van der Waals surface area (Å²) in [7, 11) is 3.28. The van der Waals surface area contributed by atoms with Gasteiger partial charge in [-0.2, -0.15) is 0 Å². The van der Waals surface area contributed by atoms with Crippen molar-refractivity contribution in [3.05, 3.63) is 59.7 Å². The van der Waals surface area contributed by atoms with Gasteiger partial charge in [-0.1, -0.05) is 49.9 Å². The maximum absolute atomic E-state index is 12.0. The Morgan fingerprint density at radius 2 is 0.938 bits per heavy atom. The SMILES string of the molecule is COc1ccc(CNC(=O)CCCCCCCCC(=O)NCc2ccc(OC)cc2)cc1. The van der Waals surface area contributed by atoms with Crippen LogP contribution in [0.25, 0.3) is 0 Å². The van der Waals surface area contributed by atoms with E-state index in [0.717, 1.165) is 61.2 Å². The lowest BCUT2D eigenvalue weighted by molar-refractivity contribution is -0.122. The minimum atomic E-state index is 0.0920. The molecule has 0 aliphatic carbocycles. The standard InChI is InChI=1S/C26H36N2O4/c1-31-23-15-11-21(12-16-23)19-27-25(29)9-7-5-3-4-6-8-10-26(30)28-20-22-13-17-24(32-2)18-14-22/h11-18H,3-10,19-20H2,1-2H3,(H,27,29)(H,28,30). The van der Waals surface area contributed by atoms with Gasteiger partial charge in [-0.3, -0.25) is 9.59 Å². The molecule has 0 saturated heterocycles. The number of benzene rings is 2. The first-order valence-corrected chi connectivity index (χ1v) is 11.4. The highest BCUT2D eigenvalue weighted by Gasteiger charge is 2.04. The van der Waals surface area contributed by atoms with Crippen LogP contribution in [0.1, 0.15) is 62.5 Å². The van der Waals surface area contributed by atoms with Crippen LogP contribution in [0.2, 0.25) is 0 Å². The van der Waals surface area contributed by atoms with E-state index >= 15 is 0 Å². The molecule has 2 N–H and O–H groups in total. The molecule has 2 amide bonds. The zero-order chi connectivity index (χ0) is 23.0. The van der Waals surface area contributed by atoms with Crippen LogP contribution < -0.4 is 20.1 Å². The lowest BCUT2D eigenvalue weighted by Gasteiger charge is -2.07. The molecule has 174 valence electrons. The molecule has 32 heavy (non-hydrogen) atoms. The van der Waals surface area contributed by atoms with Crippen molar-refractivity contribution in [3.63, 3.8) is 0 Å². The third kappa shape index (κ3) is 10.3. The molecule has 6 nitrogen and oxygen atoms in total. The van der Waals surface area contributed by atoms with Crippen LogP contribution >= 0.6 is 0 Å². The van der Waals surface area contributed by atoms with Crippen molar-refractivity contribution in [1.82, 2.24) is 10.6 Å². The van der Waals surface area contributed by atoms with E-state index in [1.807, 2.05) is 48.5 Å². The van der Waals surface area contributed by atoms with Gasteiger partial charge >= 0.3 is 0 Å². The molecule has 2 rings (SSSR count). The Kier molecular flexibility index (Phi) is 11.7. The van der Waals surface area contributed by atoms with Gasteiger partial charge in [0.05, 0.1) is 14.2 Å². The summed E-state index contributed by atoms with van der Waals surface area (Å²) in [6.07, 6.45) is 7.19. The number of carbonyl (C=O) groups excluding carboxylic acids is 2. The number of hydrogen-bond acceptors (Lipinski definition) is 4. The molecule has 0 unspecified atom stereocenters. The van der Waals surface area contributed by atoms with E-state index in [1.165, 1.54) is 0 Å². The van der Waals surface area contributed by atoms with Crippen LogP contribution in [-0.2, 0) is 22.7 Å². The van der Waals surface area contributed by atoms with Gasteiger partial charge in [-0.15, -0.1) is 0 Å². The summed E-state index contributed by atoms with van der Waals surface area (Å²) in [5.74, 6) is 1.81. The van der Waals surface area contributed by atoms with Gasteiger partial charge in [0.1, 0.15) is 11.5 Å². The zero-order valence-corrected chi connectivity index (χ0v) is 19.3. The number of nitrogens with one attached hydrogen (secondary N) is 2. The largest absolute Gasteiger partial charge is 0.497 e. The Hall–Kier alpha value is -3.02. The number of amides is 2. The lowest BCUT2D eigenvalue weighted by Crippen LogP contribution is -2.22. The predicted octanol–water partition coefficient (Wildman–Crippen LogP) is 4.76. The normalized spacial score (nSPS) is 10.4. The Balaban J connectivity index is 1.42. The predicted molar refractivity (Wildman–Crippen MR) is 127 cm³/mol. The van der Waals surface area contributed by atoms with Gasteiger partial charge < -0.3 is 20.1 Å². The van der Waals surface area contributed by atoms with Crippen molar-refractivity contribution in [1.29, 1.82) is 0 Å². The molecule has 6 heteroatoms. The minimum Gasteiger partial charge on any atom is -0.497 e. The van der Waals surface area contributed by atoms with Crippen LogP contribution in [0.15, 0.2) is 48.5 Å². The Labute approximate surface area is 191 Å². The highest BCUT2D eigenvalue weighted by molar-refractivity contribution is 5.76. The van der Waals surface area contributed by atoms with Gasteiger partial charge in [0.15, 0.2) is 0 Å². The van der Waals surface area contributed by atoms with Gasteiger partial charge in [-0.05, 0) is 48.2 Å². The number of carbonyl (C=O) groups is 2. The Morgan fingerprint density at radius 3 is 1.28 bits per heavy atom. The molecule has 0 atom stereocenters. The maximum atomic E-state index is 12.0. The van der Waals surface area contributed by atoms with Crippen molar-refractivity contribution < 1.29 is 19.1 Å². The summed E-state index contributed by atoms with van der Waals surface area (Å²) in [5, 5.41) is 5.92. The molecule has 0 aliphatic heterocycles. The highest BCUT2D eigenvalue weighted by atomic mass is 16.5. The molecule has 0 heterocycles. The minimum absolute atomic E-state index is 0.0920. The molecule has 0 bridgehead atoms. The number of ether oxygens (including phenoxy) is 2. The summed E-state index contributed by atoms with van der Waals surface area (Å²) >= 11 is 0. The number of unbranched alkanes of at least 4 members (excludes halogenated alkanes) is 5. The summed E-state index contributed by atoms with van der Waals surface area (Å²) in [6, 6.07) is 15.4. The topological polar surface area (TPSA) is 76.7 Å². The second-order valence-corrected chi connectivity index (χ2v) is 7.87. The first kappa shape index (κ1) is 25.2. The first-order valence-electron chi connectivity index (χ1n) is 11.4. The van der Waals surface area contributed by atoms with Gasteiger partial charge in [0.25, 0.3) is 0 Å². The second-order valence-electron chi connectivity index (χ2n) is 7.87. The van der Waals surface area contributed by atoms with Crippen molar-refractivity contribution in [2.45, 2.75) is 64.5 Å². The molecule has 0 radical (unpaired) electrons. The molecule has 2 aromatic rings. The van der Waals surface area contributed by atoms with Crippen LogP contribution in [0.5, 0.6) is 11.5 Å². The second kappa shape index (κ2) is 14.9. The summed E-state index contributed by atoms with van der Waals surface area (Å²) in [6.45, 7) is 1.09. The molecule has 2 aromatic carbocycles. The van der Waals surface area contributed by atoms with E-state index in [2.05, 4.69) is 10.6 Å². The third-order valence-electron chi connectivity index (χ3n) is 5.36. The fourth-order valence-electron chi connectivity index (χ4n) is 3.34. The van der Waals surface area contributed by atoms with E-state index in [9.17, 15) is 9.59 Å². The molecular weight excluding hydrogens is 404 g/mol. The smallest absolute Gasteiger partial charge is 0.220 e. The molecule has 0 spiro atoms. The molecule has 0 saturated carbocycles. The fraction of sp³-hybridized carbons (Fsp3) is 0.462. The third-order valence-corrected chi connectivity index (χ3v) is 5.36. The Morgan fingerprint density at radius 1 is 0.594 bits per heavy atom. The van der Waals surface area contributed by atoms with Gasteiger partial charge in [0.2, 0.25) is 11.8 Å². The van der Waals surface area contributed by atoms with Crippen molar-refractivity contribution in [3.8, 4) is 11.5 Å². The van der Waals surface area contributed by atoms with Crippen LogP contribution in [0.3, 0.4) is 0 Å². The summed E-state index contributed by atoms with van der Waals surface area (Å²) < 4.78 is 10.3. The highest BCUT2D eigenvalue weighted by Crippen LogP contribution is 2.13. The first-order chi connectivity index (χ1) is 15.6. The number of methoxy groups -OCH3 is 2. The summed E-state index contributed by atoms with van der Waals surface area (Å²) in [4.78, 5) is 23.9. The molecule has 0 aliphatic rings. The number of hydrogen-bond donors (Lipinski definition) is 2. The maximum Gasteiger partial charge on any atom is 0.220 e. The number of rotatable bonds is 15. The van der Waals surface area contributed by atoms with Crippen molar-refractivity contribution in [2.75, 3.05) is 14.2 Å². The van der Waals surface area contributed by atoms with E-state index in [0.29, 0.717) is 25.9 Å². The van der Waals surface area contributed by atoms with E-state index in [1.54, 1.807) is 14.2 Å². The fourth-order valence-corrected chi connectivity index (χ4v) is 3.34. The van der Waals surface area contributed by atoms with Gasteiger partial charge in [-0.25, -0.2) is 0 Å². The molecular formula is C26H36N2O4. The Bertz CT molecular complexity index is 734. The lowest BCUT2D eigenvalue weighted by atomic mass is 10.1. The van der Waals surface area contributed by atoms with E-state index < -0.39 is 0 Å². The average Bonchev–Trinajstić information content (AvgIpc) is 2.83. The van der Waals surface area contributed by atoms with E-state index in [-0.39, 0.29) is 11.8 Å². The van der Waals surface area contributed by atoms with Crippen LogP contribution in [0.4, 0.5) is 0 Å². The van der Waals surface area contributed by atoms with Crippen molar-refractivity contribution >= 4 is 11.8 Å². The monoisotopic (exact) mass is 440 g/mol. The van der Waals surface area contributed by atoms with Gasteiger partial charge in [0, 0.05) is 25.9 Å². The van der Waals surface area contributed by atoms with Crippen molar-refractivity contribution in [2.24, 2.45) is 0 Å².